The van der Waals surface area contributed by atoms with Gasteiger partial charge in [-0.15, -0.1) is 0 Å². The summed E-state index contributed by atoms with van der Waals surface area (Å²) < 4.78 is 52.9. The first-order chi connectivity index (χ1) is 8.69. The average molecular weight is 357 g/mol. The molecule has 0 aliphatic rings. The third-order valence-electron chi connectivity index (χ3n) is 2.60. The fourth-order valence-corrected chi connectivity index (χ4v) is 4.06. The molecule has 1 aromatic rings. The number of nitrogens with two attached hydrogens (primary N) is 1. The van der Waals surface area contributed by atoms with Crippen LogP contribution in [0.2, 0.25) is 0 Å². The first kappa shape index (κ1) is 16.5. The Balaban J connectivity index is 3.21. The van der Waals surface area contributed by atoms with Crippen LogP contribution in [0.15, 0.2) is 21.5 Å². The van der Waals surface area contributed by atoms with E-state index in [1.54, 1.807) is 13.8 Å². The molecule has 0 saturated carbocycles. The summed E-state index contributed by atoms with van der Waals surface area (Å²) >= 11 is 2.85. The maximum atomic E-state index is 13.6. The molecule has 0 bridgehead atoms. The van der Waals surface area contributed by atoms with Crippen molar-refractivity contribution in [1.29, 1.82) is 0 Å². The second-order valence-corrected chi connectivity index (χ2v) is 6.91. The van der Waals surface area contributed by atoms with Crippen LogP contribution < -0.4 is 10.5 Å². The van der Waals surface area contributed by atoms with Crippen LogP contribution in [0.1, 0.15) is 13.8 Å². The van der Waals surface area contributed by atoms with Gasteiger partial charge in [-0.3, -0.25) is 0 Å². The Hall–Kier alpha value is -0.570. The number of hydrogen-bond acceptors (Lipinski definition) is 3. The fraction of sp³-hybridized carbons (Fsp3) is 0.455. The van der Waals surface area contributed by atoms with Gasteiger partial charge >= 0.3 is 0 Å². The molecule has 4 nitrogen and oxygen atoms in total. The van der Waals surface area contributed by atoms with E-state index in [-0.39, 0.29) is 16.9 Å². The van der Waals surface area contributed by atoms with Gasteiger partial charge in [-0.05, 0) is 27.9 Å². The number of halogens is 3. The van der Waals surface area contributed by atoms with Gasteiger partial charge in [0.05, 0.1) is 0 Å². The summed E-state index contributed by atoms with van der Waals surface area (Å²) in [6, 6.07) is 0.887. The molecular weight excluding hydrogens is 342 g/mol. The maximum absolute atomic E-state index is 13.6. The molecule has 8 heteroatoms. The predicted molar refractivity (Wildman–Crippen MR) is 72.1 cm³/mol. The third kappa shape index (κ3) is 3.95. The van der Waals surface area contributed by atoms with Crippen molar-refractivity contribution < 1.29 is 17.2 Å². The first-order valence-electron chi connectivity index (χ1n) is 5.56. The summed E-state index contributed by atoms with van der Waals surface area (Å²) in [6.45, 7) is 3.66. The molecule has 0 heterocycles. The molecule has 0 fully saturated rings. The van der Waals surface area contributed by atoms with Crippen LogP contribution in [-0.2, 0) is 10.0 Å². The molecular formula is C11H15BrF2N2O2S. The molecule has 0 amide bonds. The smallest absolute Gasteiger partial charge is 0.244 e. The molecule has 0 saturated heterocycles. The highest BCUT2D eigenvalue weighted by molar-refractivity contribution is 9.10. The summed E-state index contributed by atoms with van der Waals surface area (Å²) in [7, 11) is -4.11. The molecule has 0 aliphatic carbocycles. The fourth-order valence-electron chi connectivity index (χ4n) is 1.50. The van der Waals surface area contributed by atoms with Crippen molar-refractivity contribution in [3.63, 3.8) is 0 Å². The lowest BCUT2D eigenvalue weighted by Gasteiger charge is -2.21. The first-order valence-corrected chi connectivity index (χ1v) is 7.83. The summed E-state index contributed by atoms with van der Waals surface area (Å²) in [5.41, 5.74) is 5.47. The molecule has 108 valence electrons. The molecule has 0 aliphatic heterocycles. The molecule has 0 radical (unpaired) electrons. The number of benzene rings is 1. The number of nitrogens with one attached hydrogen (secondary N) is 1. The maximum Gasteiger partial charge on any atom is 0.244 e. The Labute approximate surface area is 119 Å². The zero-order chi connectivity index (χ0) is 14.8. The normalized spacial score (nSPS) is 13.8. The van der Waals surface area contributed by atoms with Gasteiger partial charge in [0, 0.05) is 23.1 Å². The van der Waals surface area contributed by atoms with E-state index < -0.39 is 32.6 Å². The highest BCUT2D eigenvalue weighted by atomic mass is 79.9. The monoisotopic (exact) mass is 356 g/mol. The van der Waals surface area contributed by atoms with Gasteiger partial charge in [0.15, 0.2) is 0 Å². The van der Waals surface area contributed by atoms with Crippen LogP contribution in [0.4, 0.5) is 8.78 Å². The Morgan fingerprint density at radius 2 is 1.95 bits per heavy atom. The second kappa shape index (κ2) is 6.25. The van der Waals surface area contributed by atoms with Crippen LogP contribution in [0.25, 0.3) is 0 Å². The molecule has 0 spiro atoms. The highest BCUT2D eigenvalue weighted by Crippen LogP contribution is 2.26. The van der Waals surface area contributed by atoms with Crippen molar-refractivity contribution in [3.05, 3.63) is 28.2 Å². The van der Waals surface area contributed by atoms with Crippen molar-refractivity contribution >= 4 is 26.0 Å². The average Bonchev–Trinajstić information content (AvgIpc) is 2.23. The highest BCUT2D eigenvalue weighted by Gasteiger charge is 2.27. The van der Waals surface area contributed by atoms with Gasteiger partial charge in [-0.25, -0.2) is 21.9 Å². The van der Waals surface area contributed by atoms with Crippen molar-refractivity contribution in [2.45, 2.75) is 24.8 Å². The van der Waals surface area contributed by atoms with E-state index in [9.17, 15) is 17.2 Å². The van der Waals surface area contributed by atoms with E-state index in [1.807, 2.05) is 0 Å². The minimum atomic E-state index is -4.11. The van der Waals surface area contributed by atoms with Crippen LogP contribution in [0, 0.1) is 17.6 Å². The molecule has 3 N–H and O–H groups in total. The topological polar surface area (TPSA) is 72.2 Å². The van der Waals surface area contributed by atoms with Gasteiger partial charge in [-0.2, -0.15) is 0 Å². The van der Waals surface area contributed by atoms with Crippen LogP contribution in [-0.4, -0.2) is 21.0 Å². The van der Waals surface area contributed by atoms with E-state index in [1.165, 1.54) is 0 Å². The van der Waals surface area contributed by atoms with E-state index in [2.05, 4.69) is 20.7 Å². The lowest BCUT2D eigenvalue weighted by molar-refractivity contribution is 0.452. The molecule has 1 rings (SSSR count). The van der Waals surface area contributed by atoms with E-state index in [0.717, 1.165) is 6.07 Å². The van der Waals surface area contributed by atoms with Gasteiger partial charge in [0.2, 0.25) is 10.0 Å². The summed E-state index contributed by atoms with van der Waals surface area (Å²) in [4.78, 5) is -0.618. The van der Waals surface area contributed by atoms with Crippen molar-refractivity contribution in [2.75, 3.05) is 6.54 Å². The van der Waals surface area contributed by atoms with Crippen LogP contribution >= 0.6 is 15.9 Å². The standard InChI is InChI=1S/C11H15BrF2N2O2S/c1-6(2)10(5-15)16-19(17,18)11-8(12)3-7(13)4-9(11)14/h3-4,6,10,16H,5,15H2,1-2H3. The van der Waals surface area contributed by atoms with E-state index in [4.69, 9.17) is 5.73 Å². The molecule has 0 aromatic heterocycles. The van der Waals surface area contributed by atoms with E-state index in [0.29, 0.717) is 6.07 Å². The second-order valence-electron chi connectivity index (χ2n) is 4.41. The zero-order valence-electron chi connectivity index (χ0n) is 10.5. The number of hydrogen-bond donors (Lipinski definition) is 2. The number of sulfonamides is 1. The Morgan fingerprint density at radius 3 is 2.37 bits per heavy atom. The minimum absolute atomic E-state index is 0.0536. The Kier molecular flexibility index (Phi) is 5.43. The SMILES string of the molecule is CC(C)C(CN)NS(=O)(=O)c1c(F)cc(F)cc1Br. The van der Waals surface area contributed by atoms with Gasteiger partial charge in [0.1, 0.15) is 16.5 Å². The largest absolute Gasteiger partial charge is 0.329 e. The molecule has 19 heavy (non-hydrogen) atoms. The summed E-state index contributed by atoms with van der Waals surface area (Å²) in [5, 5.41) is 0. The predicted octanol–water partition coefficient (Wildman–Crippen LogP) is 1.99. The van der Waals surface area contributed by atoms with Gasteiger partial charge < -0.3 is 5.73 Å². The van der Waals surface area contributed by atoms with Crippen molar-refractivity contribution in [2.24, 2.45) is 11.7 Å². The van der Waals surface area contributed by atoms with Crippen LogP contribution in [0.3, 0.4) is 0 Å². The Morgan fingerprint density at radius 1 is 1.37 bits per heavy atom. The lowest BCUT2D eigenvalue weighted by atomic mass is 10.1. The molecule has 1 atom stereocenters. The molecule has 1 unspecified atom stereocenters. The zero-order valence-corrected chi connectivity index (χ0v) is 12.9. The van der Waals surface area contributed by atoms with Crippen molar-refractivity contribution in [3.8, 4) is 0 Å². The Bertz CT molecular complexity index is 541. The van der Waals surface area contributed by atoms with Crippen molar-refractivity contribution in [1.82, 2.24) is 4.72 Å². The summed E-state index contributed by atoms with van der Waals surface area (Å²) in [5.74, 6) is -2.07. The third-order valence-corrected chi connectivity index (χ3v) is 5.05. The van der Waals surface area contributed by atoms with Crippen LogP contribution in [0.5, 0.6) is 0 Å². The molecule has 1 aromatic carbocycles. The minimum Gasteiger partial charge on any atom is -0.329 e. The van der Waals surface area contributed by atoms with E-state index >= 15 is 0 Å². The lowest BCUT2D eigenvalue weighted by Crippen LogP contribution is -2.43. The van der Waals surface area contributed by atoms with Gasteiger partial charge in [0.25, 0.3) is 0 Å². The quantitative estimate of drug-likeness (QED) is 0.847. The summed E-state index contributed by atoms with van der Waals surface area (Å²) in [6.07, 6.45) is 0. The number of rotatable bonds is 5. The van der Waals surface area contributed by atoms with Gasteiger partial charge in [-0.1, -0.05) is 13.8 Å².